The fourth-order valence-electron chi connectivity index (χ4n) is 3.64. The average Bonchev–Trinajstić information content (AvgIpc) is 2.96. The summed E-state index contributed by atoms with van der Waals surface area (Å²) in [7, 11) is 0. The highest BCUT2D eigenvalue weighted by Gasteiger charge is 2.28. The van der Waals surface area contributed by atoms with Crippen molar-refractivity contribution >= 4 is 0 Å². The number of benzene rings is 1. The van der Waals surface area contributed by atoms with E-state index < -0.39 is 0 Å². The van der Waals surface area contributed by atoms with Crippen LogP contribution in [0, 0.1) is 11.7 Å². The number of nitrogens with zero attached hydrogens (tertiary/aromatic N) is 1. The van der Waals surface area contributed by atoms with Crippen molar-refractivity contribution < 1.29 is 8.91 Å². The third-order valence-electron chi connectivity index (χ3n) is 5.01. The Morgan fingerprint density at radius 2 is 2.13 bits per heavy atom. The smallest absolute Gasteiger partial charge is 0.141 e. The number of aromatic nitrogens is 1. The van der Waals surface area contributed by atoms with Crippen molar-refractivity contribution in [3.05, 3.63) is 52.2 Å². The van der Waals surface area contributed by atoms with Crippen LogP contribution >= 0.6 is 0 Å². The largest absolute Gasteiger partial charge is 0.361 e. The van der Waals surface area contributed by atoms with Crippen LogP contribution in [0.25, 0.3) is 0 Å². The van der Waals surface area contributed by atoms with Gasteiger partial charge in [0.2, 0.25) is 0 Å². The number of fused-ring (bicyclic) bond motifs is 1. The van der Waals surface area contributed by atoms with E-state index >= 15 is 0 Å². The van der Waals surface area contributed by atoms with E-state index in [0.717, 1.165) is 54.8 Å². The molecule has 1 aromatic heterocycles. The number of rotatable bonds is 5. The highest BCUT2D eigenvalue weighted by atomic mass is 19.1. The van der Waals surface area contributed by atoms with Gasteiger partial charge >= 0.3 is 0 Å². The Hall–Kier alpha value is -1.68. The van der Waals surface area contributed by atoms with Gasteiger partial charge in [-0.15, -0.1) is 0 Å². The van der Waals surface area contributed by atoms with Crippen LogP contribution in [0.4, 0.5) is 4.39 Å². The quantitative estimate of drug-likeness (QED) is 0.891. The van der Waals surface area contributed by atoms with Gasteiger partial charge in [-0.2, -0.15) is 0 Å². The third-order valence-corrected chi connectivity index (χ3v) is 5.01. The number of nitrogens with one attached hydrogen (secondary N) is 1. The first-order chi connectivity index (χ1) is 11.2. The SMILES string of the molecule is CCc1noc(CC)c1CN[C@H]1c2cccc(F)c2CC[C@@H]1C. The summed E-state index contributed by atoms with van der Waals surface area (Å²) in [5, 5.41) is 7.81. The molecule has 0 aliphatic heterocycles. The topological polar surface area (TPSA) is 38.1 Å². The van der Waals surface area contributed by atoms with Gasteiger partial charge in [0.25, 0.3) is 0 Å². The van der Waals surface area contributed by atoms with E-state index in [1.165, 1.54) is 5.56 Å². The molecular weight excluding hydrogens is 291 g/mol. The Kier molecular flexibility index (Phi) is 4.81. The van der Waals surface area contributed by atoms with Gasteiger partial charge < -0.3 is 9.84 Å². The van der Waals surface area contributed by atoms with Crippen molar-refractivity contribution in [3.8, 4) is 0 Å². The lowest BCUT2D eigenvalue weighted by molar-refractivity contribution is 0.336. The average molecular weight is 316 g/mol. The predicted octanol–water partition coefficient (Wildman–Crippen LogP) is 4.35. The zero-order chi connectivity index (χ0) is 16.4. The maximum absolute atomic E-state index is 14.1. The molecule has 0 unspecified atom stereocenters. The Balaban J connectivity index is 1.84. The Morgan fingerprint density at radius 3 is 2.87 bits per heavy atom. The summed E-state index contributed by atoms with van der Waals surface area (Å²) in [4.78, 5) is 0. The molecule has 0 spiro atoms. The molecule has 0 amide bonds. The van der Waals surface area contributed by atoms with E-state index in [1.54, 1.807) is 6.07 Å². The van der Waals surface area contributed by atoms with Gasteiger partial charge in [0.05, 0.1) is 5.69 Å². The fraction of sp³-hybridized carbons (Fsp3) is 0.526. The number of hydrogen-bond acceptors (Lipinski definition) is 3. The van der Waals surface area contributed by atoms with Crippen molar-refractivity contribution in [2.24, 2.45) is 5.92 Å². The minimum absolute atomic E-state index is 0.0744. The van der Waals surface area contributed by atoms with E-state index in [1.807, 2.05) is 6.07 Å². The van der Waals surface area contributed by atoms with Gasteiger partial charge in [0.15, 0.2) is 0 Å². The first-order valence-electron chi connectivity index (χ1n) is 8.62. The molecule has 23 heavy (non-hydrogen) atoms. The second kappa shape index (κ2) is 6.83. The summed E-state index contributed by atoms with van der Waals surface area (Å²) < 4.78 is 19.5. The van der Waals surface area contributed by atoms with E-state index in [2.05, 4.69) is 37.3 Å². The molecule has 1 aromatic carbocycles. The molecule has 3 rings (SSSR count). The zero-order valence-electron chi connectivity index (χ0n) is 14.2. The van der Waals surface area contributed by atoms with Crippen LogP contribution in [0.1, 0.15) is 61.4 Å². The maximum Gasteiger partial charge on any atom is 0.141 e. The first-order valence-corrected chi connectivity index (χ1v) is 8.62. The molecule has 124 valence electrons. The van der Waals surface area contributed by atoms with Crippen molar-refractivity contribution in [2.45, 2.75) is 59.0 Å². The maximum atomic E-state index is 14.1. The normalized spacial score (nSPS) is 20.5. The Labute approximate surface area is 137 Å². The lowest BCUT2D eigenvalue weighted by Crippen LogP contribution is -2.31. The molecule has 1 N–H and O–H groups in total. The van der Waals surface area contributed by atoms with E-state index in [9.17, 15) is 4.39 Å². The molecule has 1 aliphatic rings. The summed E-state index contributed by atoms with van der Waals surface area (Å²) in [6, 6.07) is 5.62. The molecule has 3 nitrogen and oxygen atoms in total. The summed E-state index contributed by atoms with van der Waals surface area (Å²) in [5.74, 6) is 1.37. The molecule has 0 fully saturated rings. The van der Waals surface area contributed by atoms with E-state index in [0.29, 0.717) is 5.92 Å². The van der Waals surface area contributed by atoms with Crippen LogP contribution in [-0.2, 0) is 25.8 Å². The third kappa shape index (κ3) is 3.05. The Bertz CT molecular complexity index is 659. The van der Waals surface area contributed by atoms with Gasteiger partial charge in [-0.25, -0.2) is 4.39 Å². The van der Waals surface area contributed by atoms with Crippen LogP contribution in [0.2, 0.25) is 0 Å². The van der Waals surface area contributed by atoms with Crippen molar-refractivity contribution in [1.29, 1.82) is 0 Å². The summed E-state index contributed by atoms with van der Waals surface area (Å²) >= 11 is 0. The lowest BCUT2D eigenvalue weighted by Gasteiger charge is -2.32. The molecular formula is C19H25FN2O. The standard InChI is InChI=1S/C19H25FN2O/c1-4-17-15(18(5-2)23-22-17)11-21-19-12(3)9-10-13-14(19)7-6-8-16(13)20/h6-8,12,19,21H,4-5,9-11H2,1-3H3/t12-,19+/m0/s1. The van der Waals surface area contributed by atoms with Gasteiger partial charge in [-0.3, -0.25) is 0 Å². The zero-order valence-corrected chi connectivity index (χ0v) is 14.2. The molecule has 2 aromatic rings. The van der Waals surface area contributed by atoms with Gasteiger partial charge in [-0.05, 0) is 42.4 Å². The molecule has 4 heteroatoms. The van der Waals surface area contributed by atoms with Crippen LogP contribution in [0.15, 0.2) is 22.7 Å². The van der Waals surface area contributed by atoms with Crippen LogP contribution in [0.5, 0.6) is 0 Å². The second-order valence-electron chi connectivity index (χ2n) is 6.42. The van der Waals surface area contributed by atoms with Crippen LogP contribution in [0.3, 0.4) is 0 Å². The van der Waals surface area contributed by atoms with Crippen molar-refractivity contribution in [2.75, 3.05) is 0 Å². The molecule has 0 saturated heterocycles. The molecule has 1 heterocycles. The molecule has 0 radical (unpaired) electrons. The molecule has 2 atom stereocenters. The van der Waals surface area contributed by atoms with Crippen LogP contribution in [-0.4, -0.2) is 5.16 Å². The summed E-state index contributed by atoms with van der Waals surface area (Å²) in [6.45, 7) is 7.13. The first kappa shape index (κ1) is 16.2. The van der Waals surface area contributed by atoms with Crippen molar-refractivity contribution in [1.82, 2.24) is 10.5 Å². The van der Waals surface area contributed by atoms with Gasteiger partial charge in [0, 0.05) is 24.6 Å². The number of hydrogen-bond donors (Lipinski definition) is 1. The minimum atomic E-state index is -0.0744. The summed E-state index contributed by atoms with van der Waals surface area (Å²) in [6.07, 6.45) is 3.55. The second-order valence-corrected chi connectivity index (χ2v) is 6.42. The molecule has 1 aliphatic carbocycles. The minimum Gasteiger partial charge on any atom is -0.361 e. The van der Waals surface area contributed by atoms with Crippen LogP contribution < -0.4 is 5.32 Å². The predicted molar refractivity (Wildman–Crippen MR) is 88.7 cm³/mol. The van der Waals surface area contributed by atoms with E-state index in [4.69, 9.17) is 4.52 Å². The fourth-order valence-corrected chi connectivity index (χ4v) is 3.64. The van der Waals surface area contributed by atoms with E-state index in [-0.39, 0.29) is 11.9 Å². The van der Waals surface area contributed by atoms with Gasteiger partial charge in [-0.1, -0.05) is 38.1 Å². The molecule has 0 saturated carbocycles. The highest BCUT2D eigenvalue weighted by molar-refractivity contribution is 5.34. The number of aryl methyl sites for hydroxylation is 2. The lowest BCUT2D eigenvalue weighted by atomic mass is 9.80. The van der Waals surface area contributed by atoms with Crippen molar-refractivity contribution in [3.63, 3.8) is 0 Å². The highest BCUT2D eigenvalue weighted by Crippen LogP contribution is 2.35. The Morgan fingerprint density at radius 1 is 1.30 bits per heavy atom. The van der Waals surface area contributed by atoms with Gasteiger partial charge in [0.1, 0.15) is 11.6 Å². The monoisotopic (exact) mass is 316 g/mol. The summed E-state index contributed by atoms with van der Waals surface area (Å²) in [5.41, 5.74) is 4.18. The molecule has 0 bridgehead atoms. The number of halogens is 1.